The summed E-state index contributed by atoms with van der Waals surface area (Å²) in [6.07, 6.45) is 8.80. The van der Waals surface area contributed by atoms with Crippen LogP contribution in [0.25, 0.3) is 0 Å². The molecule has 2 bridgehead atoms. The summed E-state index contributed by atoms with van der Waals surface area (Å²) in [5.74, 6) is 2.34. The molecule has 3 fully saturated rings. The number of hydrogen-bond donors (Lipinski definition) is 0. The van der Waals surface area contributed by atoms with Crippen molar-refractivity contribution in [2.24, 2.45) is 17.3 Å². The highest BCUT2D eigenvalue weighted by Crippen LogP contribution is 2.62. The molecule has 3 aliphatic carbocycles. The Morgan fingerprint density at radius 1 is 1.33 bits per heavy atom. The lowest BCUT2D eigenvalue weighted by molar-refractivity contribution is -0.124. The third kappa shape index (κ3) is 0.773. The summed E-state index contributed by atoms with van der Waals surface area (Å²) < 4.78 is 0. The van der Waals surface area contributed by atoms with Gasteiger partial charge in [0.15, 0.2) is 0 Å². The molecule has 1 spiro atoms. The fourth-order valence-corrected chi connectivity index (χ4v) is 3.99. The van der Waals surface area contributed by atoms with Crippen LogP contribution >= 0.6 is 0 Å². The second kappa shape index (κ2) is 2.12. The van der Waals surface area contributed by atoms with Crippen LogP contribution in [0.15, 0.2) is 0 Å². The first kappa shape index (κ1) is 7.11. The van der Waals surface area contributed by atoms with Crippen molar-refractivity contribution in [3.63, 3.8) is 0 Å². The molecule has 66 valence electrons. The van der Waals surface area contributed by atoms with Gasteiger partial charge in [0.25, 0.3) is 0 Å². The van der Waals surface area contributed by atoms with E-state index < -0.39 is 0 Å². The average molecular weight is 164 g/mol. The standard InChI is InChI=1S/C11H16O/c12-10-2-4-11-3-1-8(7-11)5-9(11)6-10/h8-9H,1-7H2. The largest absolute Gasteiger partial charge is 0.300 e. The Balaban J connectivity index is 1.90. The molecule has 0 aromatic rings. The molecule has 0 saturated heterocycles. The Kier molecular flexibility index (Phi) is 1.26. The van der Waals surface area contributed by atoms with E-state index in [0.717, 1.165) is 24.7 Å². The number of carbonyl (C=O) groups is 1. The molecule has 0 amide bonds. The van der Waals surface area contributed by atoms with Crippen molar-refractivity contribution in [3.05, 3.63) is 0 Å². The van der Waals surface area contributed by atoms with Crippen molar-refractivity contribution in [1.29, 1.82) is 0 Å². The summed E-state index contributed by atoms with van der Waals surface area (Å²) in [5.41, 5.74) is 0.665. The van der Waals surface area contributed by atoms with Gasteiger partial charge in [0.05, 0.1) is 0 Å². The summed E-state index contributed by atoms with van der Waals surface area (Å²) in [5, 5.41) is 0. The number of carbonyl (C=O) groups excluding carboxylic acids is 1. The predicted octanol–water partition coefficient (Wildman–Crippen LogP) is 2.55. The van der Waals surface area contributed by atoms with Crippen molar-refractivity contribution in [2.45, 2.75) is 44.9 Å². The Hall–Kier alpha value is -0.330. The first-order chi connectivity index (χ1) is 5.78. The van der Waals surface area contributed by atoms with Crippen LogP contribution in [-0.2, 0) is 4.79 Å². The first-order valence-electron chi connectivity index (χ1n) is 5.30. The Morgan fingerprint density at radius 3 is 3.08 bits per heavy atom. The van der Waals surface area contributed by atoms with E-state index >= 15 is 0 Å². The quantitative estimate of drug-likeness (QED) is 0.537. The van der Waals surface area contributed by atoms with Crippen LogP contribution in [0.4, 0.5) is 0 Å². The monoisotopic (exact) mass is 164 g/mol. The Labute approximate surface area is 73.5 Å². The van der Waals surface area contributed by atoms with Gasteiger partial charge >= 0.3 is 0 Å². The average Bonchev–Trinajstić information content (AvgIpc) is 2.58. The van der Waals surface area contributed by atoms with Crippen molar-refractivity contribution in [1.82, 2.24) is 0 Å². The maximum atomic E-state index is 11.3. The van der Waals surface area contributed by atoms with Gasteiger partial charge in [-0.15, -0.1) is 0 Å². The van der Waals surface area contributed by atoms with Gasteiger partial charge in [0.2, 0.25) is 0 Å². The topological polar surface area (TPSA) is 17.1 Å². The molecule has 0 aromatic heterocycles. The fourth-order valence-electron chi connectivity index (χ4n) is 3.99. The van der Waals surface area contributed by atoms with E-state index in [9.17, 15) is 4.79 Å². The van der Waals surface area contributed by atoms with Crippen molar-refractivity contribution in [3.8, 4) is 0 Å². The molecule has 1 nitrogen and oxygen atoms in total. The Bertz CT molecular complexity index is 233. The summed E-state index contributed by atoms with van der Waals surface area (Å²) >= 11 is 0. The van der Waals surface area contributed by atoms with E-state index in [2.05, 4.69) is 0 Å². The van der Waals surface area contributed by atoms with Gasteiger partial charge in [-0.05, 0) is 49.4 Å². The van der Waals surface area contributed by atoms with Crippen molar-refractivity contribution < 1.29 is 4.79 Å². The lowest BCUT2D eigenvalue weighted by Gasteiger charge is -2.38. The van der Waals surface area contributed by atoms with Gasteiger partial charge in [-0.1, -0.05) is 0 Å². The van der Waals surface area contributed by atoms with Crippen LogP contribution in [0, 0.1) is 17.3 Å². The summed E-state index contributed by atoms with van der Waals surface area (Å²) in [6, 6.07) is 0. The van der Waals surface area contributed by atoms with Crippen LogP contribution in [0.1, 0.15) is 44.9 Å². The summed E-state index contributed by atoms with van der Waals surface area (Å²) in [6.45, 7) is 0. The minimum Gasteiger partial charge on any atom is -0.300 e. The van der Waals surface area contributed by atoms with E-state index in [1.54, 1.807) is 0 Å². The van der Waals surface area contributed by atoms with E-state index in [4.69, 9.17) is 0 Å². The van der Waals surface area contributed by atoms with E-state index in [1.165, 1.54) is 32.1 Å². The molecule has 1 heteroatoms. The van der Waals surface area contributed by atoms with Crippen LogP contribution in [0.5, 0.6) is 0 Å². The molecule has 3 unspecified atom stereocenters. The third-order valence-electron chi connectivity index (χ3n) is 4.61. The summed E-state index contributed by atoms with van der Waals surface area (Å²) in [7, 11) is 0. The van der Waals surface area contributed by atoms with Gasteiger partial charge in [-0.3, -0.25) is 4.79 Å². The number of ketones is 1. The molecule has 3 atom stereocenters. The zero-order chi connectivity index (χ0) is 8.18. The zero-order valence-electron chi connectivity index (χ0n) is 7.51. The highest BCUT2D eigenvalue weighted by atomic mass is 16.1. The molecule has 0 aromatic carbocycles. The van der Waals surface area contributed by atoms with Crippen LogP contribution in [0.2, 0.25) is 0 Å². The predicted molar refractivity (Wildman–Crippen MR) is 46.7 cm³/mol. The normalized spacial score (nSPS) is 51.2. The minimum atomic E-state index is 0.540. The van der Waals surface area contributed by atoms with E-state index in [0.29, 0.717) is 11.2 Å². The zero-order valence-corrected chi connectivity index (χ0v) is 7.51. The molecule has 3 rings (SSSR count). The van der Waals surface area contributed by atoms with Gasteiger partial charge in [0.1, 0.15) is 5.78 Å². The molecule has 0 heterocycles. The highest BCUT2D eigenvalue weighted by Gasteiger charge is 2.53. The summed E-state index contributed by atoms with van der Waals surface area (Å²) in [4.78, 5) is 11.3. The smallest absolute Gasteiger partial charge is 0.133 e. The van der Waals surface area contributed by atoms with Gasteiger partial charge in [0, 0.05) is 12.8 Å². The van der Waals surface area contributed by atoms with Gasteiger partial charge < -0.3 is 0 Å². The SMILES string of the molecule is O=C1CCC23CCC(CC2C1)C3. The third-order valence-corrected chi connectivity index (χ3v) is 4.61. The molecule has 3 saturated carbocycles. The van der Waals surface area contributed by atoms with E-state index in [-0.39, 0.29) is 0 Å². The molecule has 0 aliphatic heterocycles. The molecule has 0 N–H and O–H groups in total. The molecule has 3 aliphatic rings. The van der Waals surface area contributed by atoms with Crippen LogP contribution in [0.3, 0.4) is 0 Å². The number of rotatable bonds is 0. The number of hydrogen-bond acceptors (Lipinski definition) is 1. The van der Waals surface area contributed by atoms with Gasteiger partial charge in [-0.2, -0.15) is 0 Å². The van der Waals surface area contributed by atoms with Gasteiger partial charge in [-0.25, -0.2) is 0 Å². The minimum absolute atomic E-state index is 0.540. The highest BCUT2D eigenvalue weighted by molar-refractivity contribution is 5.79. The number of Topliss-reactive ketones (excluding diaryl/α,β-unsaturated/α-hetero) is 1. The Morgan fingerprint density at radius 2 is 2.25 bits per heavy atom. The fraction of sp³-hybridized carbons (Fsp3) is 0.909. The second-order valence-electron chi connectivity index (χ2n) is 5.15. The lowest BCUT2D eigenvalue weighted by atomic mass is 9.66. The molecule has 0 radical (unpaired) electrons. The lowest BCUT2D eigenvalue weighted by Crippen LogP contribution is -2.32. The maximum absolute atomic E-state index is 11.3. The molecular weight excluding hydrogens is 148 g/mol. The second-order valence-corrected chi connectivity index (χ2v) is 5.15. The molecule has 12 heavy (non-hydrogen) atoms. The van der Waals surface area contributed by atoms with Crippen molar-refractivity contribution >= 4 is 5.78 Å². The first-order valence-corrected chi connectivity index (χ1v) is 5.30. The van der Waals surface area contributed by atoms with Crippen LogP contribution < -0.4 is 0 Å². The number of fused-ring (bicyclic) bond motifs is 1. The molecular formula is C11H16O. The maximum Gasteiger partial charge on any atom is 0.133 e. The van der Waals surface area contributed by atoms with Crippen LogP contribution in [-0.4, -0.2) is 5.78 Å². The van der Waals surface area contributed by atoms with Crippen molar-refractivity contribution in [2.75, 3.05) is 0 Å². The van der Waals surface area contributed by atoms with E-state index in [1.807, 2.05) is 0 Å².